The molecular weight excluding hydrogens is 452 g/mol. The highest BCUT2D eigenvalue weighted by atomic mass is 16.4. The highest BCUT2D eigenvalue weighted by Crippen LogP contribution is 2.66. The molecule has 0 bridgehead atoms. The van der Waals surface area contributed by atoms with Gasteiger partial charge in [0.25, 0.3) is 0 Å². The lowest BCUT2D eigenvalue weighted by atomic mass is 9.51. The first kappa shape index (κ1) is 27.2. The second kappa shape index (κ2) is 10.1. The molecule has 0 aromatic heterocycles. The van der Waals surface area contributed by atoms with Crippen molar-refractivity contribution in [1.82, 2.24) is 0 Å². The van der Waals surface area contributed by atoms with Crippen LogP contribution in [0.3, 0.4) is 0 Å². The maximum Gasteiger partial charge on any atom is 0.332 e. The summed E-state index contributed by atoms with van der Waals surface area (Å²) in [6.45, 7) is 11.7. The molecule has 0 radical (unpaired) electrons. The zero-order chi connectivity index (χ0) is 26.4. The highest BCUT2D eigenvalue weighted by Gasteiger charge is 2.56. The molecule has 0 aromatic rings. The Labute approximate surface area is 216 Å². The van der Waals surface area contributed by atoms with E-state index in [1.807, 2.05) is 6.08 Å². The first-order chi connectivity index (χ1) is 16.9. The van der Waals surface area contributed by atoms with Crippen LogP contribution in [-0.2, 0) is 9.59 Å². The number of aliphatic hydroxyl groups excluding tert-OH is 1. The van der Waals surface area contributed by atoms with Crippen LogP contribution in [0, 0.1) is 40.4 Å². The number of hydrogen-bond donors (Lipinski definition) is 3. The number of carboxylic acids is 2. The third-order valence-corrected chi connectivity index (χ3v) is 10.5. The number of carboxylic acid groups (broad SMARTS) is 2. The Morgan fingerprint density at radius 3 is 2.44 bits per heavy atom. The highest BCUT2D eigenvalue weighted by molar-refractivity contribution is 5.96. The van der Waals surface area contributed by atoms with Crippen molar-refractivity contribution in [2.24, 2.45) is 40.4 Å². The Bertz CT molecular complexity index is 987. The standard InChI is InChI=1S/C31H46O5/c1-18(2)7-6-8-19(3)24-9-10-25-28-22(23(29(35)36)17-27(33)34)16-20-15-21(32)11-13-30(20,4)26(28)12-14-31(24,25)5/h16-19,21-22,24-25,32H,6-15H2,1-5H3,(H,33,34)(H,35,36)/b23-17-/t19-,21+,22+,24-,25+,30+,31-/m1/s1. The number of aliphatic carboxylic acids is 2. The van der Waals surface area contributed by atoms with Gasteiger partial charge < -0.3 is 15.3 Å². The van der Waals surface area contributed by atoms with Gasteiger partial charge in [0, 0.05) is 17.4 Å². The summed E-state index contributed by atoms with van der Waals surface area (Å²) in [5, 5.41) is 30.1. The molecule has 200 valence electrons. The van der Waals surface area contributed by atoms with Gasteiger partial charge in [-0.25, -0.2) is 9.59 Å². The van der Waals surface area contributed by atoms with Gasteiger partial charge in [0.2, 0.25) is 0 Å². The minimum Gasteiger partial charge on any atom is -0.478 e. The van der Waals surface area contributed by atoms with Gasteiger partial charge in [0.15, 0.2) is 0 Å². The third kappa shape index (κ3) is 4.73. The van der Waals surface area contributed by atoms with Crippen LogP contribution in [-0.4, -0.2) is 33.4 Å². The van der Waals surface area contributed by atoms with Crippen LogP contribution in [0.2, 0.25) is 0 Å². The van der Waals surface area contributed by atoms with E-state index in [-0.39, 0.29) is 22.3 Å². The van der Waals surface area contributed by atoms with E-state index in [9.17, 15) is 24.9 Å². The number of hydrogen-bond acceptors (Lipinski definition) is 3. The molecule has 5 heteroatoms. The largest absolute Gasteiger partial charge is 0.478 e. The molecule has 0 saturated heterocycles. The van der Waals surface area contributed by atoms with Crippen LogP contribution < -0.4 is 0 Å². The normalized spacial score (nSPS) is 37.2. The van der Waals surface area contributed by atoms with Crippen molar-refractivity contribution < 1.29 is 24.9 Å². The summed E-state index contributed by atoms with van der Waals surface area (Å²) in [5.41, 5.74) is 3.57. The topological polar surface area (TPSA) is 94.8 Å². The maximum absolute atomic E-state index is 12.4. The first-order valence-electron chi connectivity index (χ1n) is 14.2. The molecule has 5 nitrogen and oxygen atoms in total. The van der Waals surface area contributed by atoms with E-state index in [0.29, 0.717) is 18.3 Å². The lowest BCUT2D eigenvalue weighted by Gasteiger charge is -2.54. The number of aliphatic hydroxyl groups is 1. The lowest BCUT2D eigenvalue weighted by molar-refractivity contribution is -0.135. The summed E-state index contributed by atoms with van der Waals surface area (Å²) >= 11 is 0. The summed E-state index contributed by atoms with van der Waals surface area (Å²) in [6, 6.07) is 0. The second-order valence-corrected chi connectivity index (χ2v) is 13.1. The molecule has 36 heavy (non-hydrogen) atoms. The average molecular weight is 499 g/mol. The number of fused-ring (bicyclic) bond motifs is 4. The van der Waals surface area contributed by atoms with Gasteiger partial charge in [-0.15, -0.1) is 0 Å². The zero-order valence-electron chi connectivity index (χ0n) is 22.8. The van der Waals surface area contributed by atoms with Crippen molar-refractivity contribution in [3.05, 3.63) is 34.4 Å². The van der Waals surface area contributed by atoms with Gasteiger partial charge in [-0.1, -0.05) is 76.7 Å². The summed E-state index contributed by atoms with van der Waals surface area (Å²) in [4.78, 5) is 24.1. The minimum atomic E-state index is -1.22. The molecule has 4 rings (SSSR count). The Kier molecular flexibility index (Phi) is 7.63. The van der Waals surface area contributed by atoms with E-state index in [0.717, 1.165) is 56.1 Å². The molecule has 3 N–H and O–H groups in total. The van der Waals surface area contributed by atoms with Crippen LogP contribution in [0.4, 0.5) is 0 Å². The van der Waals surface area contributed by atoms with Crippen LogP contribution in [0.5, 0.6) is 0 Å². The van der Waals surface area contributed by atoms with E-state index in [1.165, 1.54) is 30.4 Å². The first-order valence-corrected chi connectivity index (χ1v) is 14.2. The second-order valence-electron chi connectivity index (χ2n) is 13.1. The van der Waals surface area contributed by atoms with E-state index in [1.54, 1.807) is 0 Å². The van der Waals surface area contributed by atoms with E-state index in [4.69, 9.17) is 0 Å². The lowest BCUT2D eigenvalue weighted by Crippen LogP contribution is -2.44. The van der Waals surface area contributed by atoms with Crippen molar-refractivity contribution in [2.75, 3.05) is 0 Å². The molecule has 7 atom stereocenters. The molecule has 0 amide bonds. The quantitative estimate of drug-likeness (QED) is 0.253. The van der Waals surface area contributed by atoms with Gasteiger partial charge in [0.1, 0.15) is 0 Å². The minimum absolute atomic E-state index is 0.0395. The summed E-state index contributed by atoms with van der Waals surface area (Å²) in [5.74, 6) is -0.666. The Hall–Kier alpha value is -1.88. The van der Waals surface area contributed by atoms with Crippen molar-refractivity contribution in [3.8, 4) is 0 Å². The zero-order valence-corrected chi connectivity index (χ0v) is 22.8. The molecule has 2 fully saturated rings. The van der Waals surface area contributed by atoms with Gasteiger partial charge in [-0.05, 0) is 74.0 Å². The monoisotopic (exact) mass is 498 g/mol. The molecule has 0 spiro atoms. The Balaban J connectivity index is 1.76. The molecule has 0 heterocycles. The van der Waals surface area contributed by atoms with Crippen LogP contribution >= 0.6 is 0 Å². The molecule has 0 aliphatic heterocycles. The Morgan fingerprint density at radius 2 is 1.81 bits per heavy atom. The fourth-order valence-corrected chi connectivity index (χ4v) is 8.63. The van der Waals surface area contributed by atoms with Crippen molar-refractivity contribution >= 4 is 11.9 Å². The number of rotatable bonds is 8. The van der Waals surface area contributed by atoms with Gasteiger partial charge in [0.05, 0.1) is 11.7 Å². The smallest absolute Gasteiger partial charge is 0.332 e. The van der Waals surface area contributed by atoms with Gasteiger partial charge >= 0.3 is 11.9 Å². The SMILES string of the molecule is CC(C)CCC[C@@H](C)[C@H]1CC[C@H]2C3=C(CC[C@]12C)[C@@]1(C)CC[C@H](O)CC1=C[C@H]3/C(=C/C(=O)O)C(=O)O. The summed E-state index contributed by atoms with van der Waals surface area (Å²) in [7, 11) is 0. The van der Waals surface area contributed by atoms with Gasteiger partial charge in [-0.2, -0.15) is 0 Å². The predicted molar refractivity (Wildman–Crippen MR) is 141 cm³/mol. The predicted octanol–water partition coefficient (Wildman–Crippen LogP) is 6.77. The van der Waals surface area contributed by atoms with E-state index < -0.39 is 24.0 Å². The molecule has 4 aliphatic carbocycles. The molecule has 2 saturated carbocycles. The van der Waals surface area contributed by atoms with Crippen LogP contribution in [0.15, 0.2) is 34.4 Å². The fraction of sp³-hybridized carbons (Fsp3) is 0.742. The third-order valence-electron chi connectivity index (χ3n) is 10.5. The van der Waals surface area contributed by atoms with Gasteiger partial charge in [-0.3, -0.25) is 0 Å². The molecule has 0 unspecified atom stereocenters. The maximum atomic E-state index is 12.4. The Morgan fingerprint density at radius 1 is 1.08 bits per heavy atom. The van der Waals surface area contributed by atoms with Crippen LogP contribution in [0.1, 0.15) is 98.8 Å². The average Bonchev–Trinajstić information content (AvgIpc) is 3.14. The van der Waals surface area contributed by atoms with Crippen molar-refractivity contribution in [1.29, 1.82) is 0 Å². The van der Waals surface area contributed by atoms with Crippen LogP contribution in [0.25, 0.3) is 0 Å². The summed E-state index contributed by atoms with van der Waals surface area (Å²) in [6.07, 6.45) is 12.7. The molecular formula is C31H46O5. The fourth-order valence-electron chi connectivity index (χ4n) is 8.63. The van der Waals surface area contributed by atoms with E-state index >= 15 is 0 Å². The van der Waals surface area contributed by atoms with E-state index in [2.05, 4.69) is 34.6 Å². The number of allylic oxidation sites excluding steroid dienone is 3. The summed E-state index contributed by atoms with van der Waals surface area (Å²) < 4.78 is 0. The number of carbonyl (C=O) groups is 2. The van der Waals surface area contributed by atoms with Crippen molar-refractivity contribution in [3.63, 3.8) is 0 Å². The molecule has 4 aliphatic rings. The molecule has 0 aromatic carbocycles. The van der Waals surface area contributed by atoms with Crippen molar-refractivity contribution in [2.45, 2.75) is 105 Å².